The molecular weight excluding hydrogens is 400 g/mol. The predicted octanol–water partition coefficient (Wildman–Crippen LogP) is 1.18. The lowest BCUT2D eigenvalue weighted by Gasteiger charge is -2.24. The maximum absolute atomic E-state index is 12.2. The molecule has 9 nitrogen and oxygen atoms in total. The minimum Gasteiger partial charge on any atom is -0.458 e. The molecule has 0 aliphatic heterocycles. The van der Waals surface area contributed by atoms with Crippen LogP contribution in [0.2, 0.25) is 0 Å². The molecule has 1 aromatic rings. The van der Waals surface area contributed by atoms with Gasteiger partial charge in [0.15, 0.2) is 5.78 Å². The summed E-state index contributed by atoms with van der Waals surface area (Å²) >= 11 is 0. The number of esters is 1. The van der Waals surface area contributed by atoms with Crippen molar-refractivity contribution < 1.29 is 23.9 Å². The van der Waals surface area contributed by atoms with Gasteiger partial charge in [0.2, 0.25) is 11.8 Å². The molecule has 0 aliphatic rings. The Morgan fingerprint density at radius 1 is 1.00 bits per heavy atom. The monoisotopic (exact) mass is 434 g/mol. The molecule has 0 bridgehead atoms. The minimum absolute atomic E-state index is 0.0144. The maximum atomic E-state index is 12.2. The highest BCUT2D eigenvalue weighted by Crippen LogP contribution is 2.11. The average molecular weight is 435 g/mol. The van der Waals surface area contributed by atoms with Crippen LogP contribution >= 0.6 is 0 Å². The van der Waals surface area contributed by atoms with Crippen LogP contribution in [0.3, 0.4) is 0 Å². The number of carbonyl (C=O) groups is 4. The zero-order valence-corrected chi connectivity index (χ0v) is 18.9. The summed E-state index contributed by atoms with van der Waals surface area (Å²) in [6.45, 7) is 4.91. The summed E-state index contributed by atoms with van der Waals surface area (Å²) in [5.41, 5.74) is -0.744. The molecule has 0 aliphatic carbocycles. The van der Waals surface area contributed by atoms with Crippen molar-refractivity contribution in [2.24, 2.45) is 0 Å². The first-order chi connectivity index (χ1) is 14.4. The summed E-state index contributed by atoms with van der Waals surface area (Å²) < 4.78 is 5.23. The summed E-state index contributed by atoms with van der Waals surface area (Å²) in [5.74, 6) is -2.02. The van der Waals surface area contributed by atoms with Gasteiger partial charge in [0.25, 0.3) is 0 Å². The molecule has 0 spiro atoms. The van der Waals surface area contributed by atoms with Gasteiger partial charge in [-0.05, 0) is 41.3 Å². The molecule has 0 saturated carbocycles. The first kappa shape index (κ1) is 27.9. The third kappa shape index (κ3) is 16.4. The molecule has 0 aromatic heterocycles. The fourth-order valence-corrected chi connectivity index (χ4v) is 2.13. The van der Waals surface area contributed by atoms with E-state index in [-0.39, 0.29) is 31.8 Å². The van der Waals surface area contributed by atoms with E-state index in [1.807, 2.05) is 36.4 Å². The highest BCUT2D eigenvalue weighted by atomic mass is 16.6. The molecule has 0 radical (unpaired) electrons. The molecule has 31 heavy (non-hydrogen) atoms. The Hall–Kier alpha value is -3.07. The first-order valence-electron chi connectivity index (χ1n) is 9.91. The molecule has 3 N–H and O–H groups in total. The Balaban J connectivity index is 0.00000127. The molecule has 1 rings (SSSR count). The van der Waals surface area contributed by atoms with E-state index < -0.39 is 29.3 Å². The van der Waals surface area contributed by atoms with Crippen LogP contribution < -0.4 is 10.6 Å². The van der Waals surface area contributed by atoms with Crippen LogP contribution in [0.4, 0.5) is 0 Å². The van der Waals surface area contributed by atoms with Gasteiger partial charge in [-0.2, -0.15) is 0 Å². The maximum Gasteiger partial charge on any atom is 0.329 e. The van der Waals surface area contributed by atoms with Crippen LogP contribution in [0.5, 0.6) is 0 Å². The van der Waals surface area contributed by atoms with E-state index in [0.717, 1.165) is 0 Å². The van der Waals surface area contributed by atoms with Gasteiger partial charge in [0, 0.05) is 6.42 Å². The molecular formula is C22H34N4O5. The van der Waals surface area contributed by atoms with Crippen LogP contribution in [0, 0.1) is 5.41 Å². The lowest BCUT2D eigenvalue weighted by molar-refractivity contribution is -0.158. The summed E-state index contributed by atoms with van der Waals surface area (Å²) in [5, 5.41) is 11.8. The van der Waals surface area contributed by atoms with E-state index in [4.69, 9.17) is 10.1 Å². The number of carbonyl (C=O) groups excluding carboxylic acids is 4. The fraction of sp³-hybridized carbons (Fsp3) is 0.500. The molecule has 0 heterocycles. The Morgan fingerprint density at radius 2 is 1.52 bits per heavy atom. The Kier molecular flexibility index (Phi) is 13.4. The third-order valence-corrected chi connectivity index (χ3v) is 3.44. The molecule has 1 aromatic carbocycles. The van der Waals surface area contributed by atoms with Crippen molar-refractivity contribution in [1.29, 1.82) is 5.41 Å². The lowest BCUT2D eigenvalue weighted by Crippen LogP contribution is -2.48. The van der Waals surface area contributed by atoms with Crippen LogP contribution in [0.1, 0.15) is 33.6 Å². The van der Waals surface area contributed by atoms with E-state index in [9.17, 15) is 19.2 Å². The smallest absolute Gasteiger partial charge is 0.329 e. The Bertz CT molecular complexity index is 688. The number of nitrogens with zero attached hydrogens (tertiary/aromatic N) is 1. The van der Waals surface area contributed by atoms with Gasteiger partial charge in [0.1, 0.15) is 11.6 Å². The van der Waals surface area contributed by atoms with Gasteiger partial charge in [-0.25, -0.2) is 4.79 Å². The lowest BCUT2D eigenvalue weighted by atomic mass is 10.1. The number of hydrogen-bond acceptors (Lipinski definition) is 7. The van der Waals surface area contributed by atoms with Crippen LogP contribution in [-0.2, 0) is 23.9 Å². The number of Topliss-reactive ketones (excluding diaryl/α,β-unsaturated/α-hetero) is 1. The van der Waals surface area contributed by atoms with Crippen LogP contribution in [0.15, 0.2) is 36.4 Å². The molecule has 0 fully saturated rings. The second kappa shape index (κ2) is 14.8. The van der Waals surface area contributed by atoms with Crippen molar-refractivity contribution in [2.45, 2.75) is 45.3 Å². The van der Waals surface area contributed by atoms with Gasteiger partial charge in [-0.1, -0.05) is 36.4 Å². The van der Waals surface area contributed by atoms with Crippen molar-refractivity contribution in [3.05, 3.63) is 36.4 Å². The number of hydrogen-bond donors (Lipinski definition) is 3. The summed E-state index contributed by atoms with van der Waals surface area (Å²) in [6, 6.07) is 11.0. The van der Waals surface area contributed by atoms with Crippen molar-refractivity contribution in [3.63, 3.8) is 0 Å². The molecule has 1 unspecified atom stereocenters. The molecule has 0 saturated heterocycles. The summed E-state index contributed by atoms with van der Waals surface area (Å²) in [7, 11) is 3.44. The standard InChI is InChI=1S/C16H28N4O5.C6H6/c1-16(2,3)25-15(24)12(7-6-11(21)8-17)19-13(22)9-18-14(23)10-20(4)5;1-2-4-6-5-3-1/h8,12,17H,6-7,9-10H2,1-5H3,(H,18,23)(H,19,22);1-6H. The summed E-state index contributed by atoms with van der Waals surface area (Å²) in [6.07, 6.45) is 0.608. The molecule has 9 heteroatoms. The van der Waals surface area contributed by atoms with Crippen molar-refractivity contribution in [1.82, 2.24) is 15.5 Å². The largest absolute Gasteiger partial charge is 0.458 e. The summed E-state index contributed by atoms with van der Waals surface area (Å²) in [4.78, 5) is 48.6. The van der Waals surface area contributed by atoms with Crippen LogP contribution in [0.25, 0.3) is 0 Å². The fourth-order valence-electron chi connectivity index (χ4n) is 2.13. The quantitative estimate of drug-likeness (QED) is 0.375. The highest BCUT2D eigenvalue weighted by molar-refractivity contribution is 6.26. The second-order valence-corrected chi connectivity index (χ2v) is 7.97. The van der Waals surface area contributed by atoms with Gasteiger partial charge < -0.3 is 25.7 Å². The second-order valence-electron chi connectivity index (χ2n) is 7.97. The predicted molar refractivity (Wildman–Crippen MR) is 119 cm³/mol. The number of benzene rings is 1. The van der Waals surface area contributed by atoms with E-state index in [0.29, 0.717) is 6.21 Å². The SMILES string of the molecule is CN(C)CC(=O)NCC(=O)NC(CCC(=O)C=N)C(=O)OC(C)(C)C.c1ccccc1. The van der Waals surface area contributed by atoms with Crippen molar-refractivity contribution >= 4 is 29.8 Å². The zero-order valence-electron chi connectivity index (χ0n) is 18.9. The number of amides is 2. The Labute approximate surface area is 184 Å². The zero-order chi connectivity index (χ0) is 23.9. The number of ether oxygens (including phenoxy) is 1. The minimum atomic E-state index is -1.03. The molecule has 2 amide bonds. The molecule has 1 atom stereocenters. The Morgan fingerprint density at radius 3 is 1.94 bits per heavy atom. The first-order valence-corrected chi connectivity index (χ1v) is 9.91. The van der Waals surface area contributed by atoms with Crippen LogP contribution in [-0.4, -0.2) is 73.5 Å². The third-order valence-electron chi connectivity index (χ3n) is 3.44. The van der Waals surface area contributed by atoms with Gasteiger partial charge in [-0.3, -0.25) is 14.4 Å². The van der Waals surface area contributed by atoms with Crippen molar-refractivity contribution in [3.8, 4) is 0 Å². The van der Waals surface area contributed by atoms with Gasteiger partial charge in [0.05, 0.1) is 19.3 Å². The highest BCUT2D eigenvalue weighted by Gasteiger charge is 2.27. The number of nitrogens with one attached hydrogen (secondary N) is 3. The van der Waals surface area contributed by atoms with E-state index in [1.54, 1.807) is 39.8 Å². The number of ketones is 1. The van der Waals surface area contributed by atoms with Crippen molar-refractivity contribution in [2.75, 3.05) is 27.2 Å². The van der Waals surface area contributed by atoms with E-state index in [1.165, 1.54) is 0 Å². The molecule has 172 valence electrons. The van der Waals surface area contributed by atoms with Gasteiger partial charge in [-0.15, -0.1) is 0 Å². The number of likely N-dealkylation sites (N-methyl/N-ethyl adjacent to an activating group) is 1. The normalized spacial score (nSPS) is 11.4. The van der Waals surface area contributed by atoms with Gasteiger partial charge >= 0.3 is 5.97 Å². The number of rotatable bonds is 10. The average Bonchev–Trinajstić information content (AvgIpc) is 2.69. The van der Waals surface area contributed by atoms with E-state index >= 15 is 0 Å². The van der Waals surface area contributed by atoms with E-state index in [2.05, 4.69) is 10.6 Å². The topological polar surface area (TPSA) is 129 Å².